The van der Waals surface area contributed by atoms with Gasteiger partial charge in [0.25, 0.3) is 0 Å². The molecule has 0 heterocycles. The number of halogens is 1. The highest BCUT2D eigenvalue weighted by Gasteiger charge is 2.20. The number of benzene rings is 3. The van der Waals surface area contributed by atoms with E-state index in [1.165, 1.54) is 101 Å². The highest BCUT2D eigenvalue weighted by molar-refractivity contribution is 5.85. The third-order valence-corrected chi connectivity index (χ3v) is 8.91. The van der Waals surface area contributed by atoms with Gasteiger partial charge in [0.2, 0.25) is 0 Å². The van der Waals surface area contributed by atoms with E-state index in [2.05, 4.69) is 62.1 Å². The molecule has 0 amide bonds. The summed E-state index contributed by atoms with van der Waals surface area (Å²) in [5.41, 5.74) is 4.11. The van der Waals surface area contributed by atoms with Crippen LogP contribution in [0, 0.1) is 29.5 Å². The maximum Gasteiger partial charge on any atom is 0.146 e. The summed E-state index contributed by atoms with van der Waals surface area (Å²) in [6, 6.07) is 18.6. The molecule has 208 valence electrons. The zero-order valence-electron chi connectivity index (χ0n) is 24.5. The third kappa shape index (κ3) is 9.24. The van der Waals surface area contributed by atoms with Crippen LogP contribution in [0.1, 0.15) is 126 Å². The average Bonchev–Trinajstić information content (AvgIpc) is 2.97. The first kappa shape index (κ1) is 29.4. The molecular formula is C38H49F. The fraction of sp³-hybridized carbons (Fsp3) is 0.526. The summed E-state index contributed by atoms with van der Waals surface area (Å²) in [7, 11) is 0. The van der Waals surface area contributed by atoms with Gasteiger partial charge >= 0.3 is 0 Å². The Kier molecular flexibility index (Phi) is 12.0. The lowest BCUT2D eigenvalue weighted by molar-refractivity contribution is 0.249. The van der Waals surface area contributed by atoms with Gasteiger partial charge in [0.1, 0.15) is 5.82 Å². The van der Waals surface area contributed by atoms with Crippen LogP contribution >= 0.6 is 0 Å². The van der Waals surface area contributed by atoms with Gasteiger partial charge in [-0.1, -0.05) is 139 Å². The molecule has 1 aliphatic carbocycles. The summed E-state index contributed by atoms with van der Waals surface area (Å²) in [6.07, 6.45) is 21.2. The standard InChI is InChI=1S/C38H49F/c1-3-5-7-8-10-12-31-15-19-33(20-16-31)23-25-35-26-27-36-29-34(24-28-37(36)38(35)39)22-21-32-17-13-30(14-18-32)11-9-6-4-2/h15-16,19-20,24,26-30,32H,3-14,17-18,21-22H2,1-2H3. The lowest BCUT2D eigenvalue weighted by atomic mass is 9.77. The normalized spacial score (nSPS) is 17.2. The van der Waals surface area contributed by atoms with Gasteiger partial charge in [0, 0.05) is 10.9 Å². The van der Waals surface area contributed by atoms with Gasteiger partial charge in [-0.15, -0.1) is 0 Å². The molecule has 0 saturated heterocycles. The Labute approximate surface area is 237 Å². The Morgan fingerprint density at radius 1 is 0.641 bits per heavy atom. The minimum Gasteiger partial charge on any atom is -0.205 e. The SMILES string of the molecule is CCCCCCCc1ccc(C#Cc2ccc3cc(CCC4CCC(CCCCC)CC4)ccc3c2F)cc1. The number of aryl methyl sites for hydroxylation is 2. The van der Waals surface area contributed by atoms with E-state index in [4.69, 9.17) is 0 Å². The van der Waals surface area contributed by atoms with E-state index in [9.17, 15) is 0 Å². The molecule has 1 saturated carbocycles. The van der Waals surface area contributed by atoms with Gasteiger partial charge in [0.15, 0.2) is 0 Å². The average molecular weight is 525 g/mol. The van der Waals surface area contributed by atoms with E-state index in [0.29, 0.717) is 10.9 Å². The van der Waals surface area contributed by atoms with Crippen LogP contribution in [0.2, 0.25) is 0 Å². The van der Waals surface area contributed by atoms with Crippen molar-refractivity contribution in [2.45, 2.75) is 117 Å². The van der Waals surface area contributed by atoms with E-state index >= 15 is 4.39 Å². The molecule has 1 heteroatoms. The van der Waals surface area contributed by atoms with E-state index in [0.717, 1.165) is 35.6 Å². The van der Waals surface area contributed by atoms with Gasteiger partial charge in [-0.3, -0.25) is 0 Å². The lowest BCUT2D eigenvalue weighted by Crippen LogP contribution is -2.15. The summed E-state index contributed by atoms with van der Waals surface area (Å²) >= 11 is 0. The summed E-state index contributed by atoms with van der Waals surface area (Å²) in [5, 5.41) is 1.66. The van der Waals surface area contributed by atoms with Crippen molar-refractivity contribution in [3.63, 3.8) is 0 Å². The summed E-state index contributed by atoms with van der Waals surface area (Å²) < 4.78 is 15.3. The predicted octanol–water partition coefficient (Wildman–Crippen LogP) is 11.2. The van der Waals surface area contributed by atoms with Crippen LogP contribution in [0.3, 0.4) is 0 Å². The molecule has 0 aliphatic heterocycles. The minimum absolute atomic E-state index is 0.198. The Balaban J connectivity index is 1.29. The maximum absolute atomic E-state index is 15.3. The van der Waals surface area contributed by atoms with Crippen LogP contribution in [-0.2, 0) is 12.8 Å². The second-order valence-electron chi connectivity index (χ2n) is 12.0. The minimum atomic E-state index is -0.198. The van der Waals surface area contributed by atoms with Crippen molar-refractivity contribution in [3.8, 4) is 11.8 Å². The third-order valence-electron chi connectivity index (χ3n) is 8.91. The van der Waals surface area contributed by atoms with Gasteiger partial charge in [-0.25, -0.2) is 4.39 Å². The van der Waals surface area contributed by atoms with Crippen LogP contribution in [-0.4, -0.2) is 0 Å². The highest BCUT2D eigenvalue weighted by atomic mass is 19.1. The van der Waals surface area contributed by atoms with Crippen molar-refractivity contribution < 1.29 is 4.39 Å². The number of rotatable bonds is 13. The number of fused-ring (bicyclic) bond motifs is 1. The van der Waals surface area contributed by atoms with Crippen molar-refractivity contribution in [2.75, 3.05) is 0 Å². The molecule has 1 aliphatic rings. The highest BCUT2D eigenvalue weighted by Crippen LogP contribution is 2.34. The molecular weight excluding hydrogens is 475 g/mol. The molecule has 1 fully saturated rings. The summed E-state index contributed by atoms with van der Waals surface area (Å²) in [5.74, 6) is 7.89. The van der Waals surface area contributed by atoms with Crippen LogP contribution in [0.15, 0.2) is 54.6 Å². The van der Waals surface area contributed by atoms with Gasteiger partial charge < -0.3 is 0 Å². The largest absolute Gasteiger partial charge is 0.205 e. The Bertz CT molecular complexity index is 1200. The van der Waals surface area contributed by atoms with Crippen molar-refractivity contribution in [3.05, 3.63) is 82.7 Å². The second kappa shape index (κ2) is 15.9. The first-order valence-electron chi connectivity index (χ1n) is 16.0. The number of hydrogen-bond donors (Lipinski definition) is 0. The predicted molar refractivity (Wildman–Crippen MR) is 167 cm³/mol. The molecule has 0 nitrogen and oxygen atoms in total. The molecule has 0 N–H and O–H groups in total. The first-order valence-corrected chi connectivity index (χ1v) is 16.0. The first-order chi connectivity index (χ1) is 19.2. The summed E-state index contributed by atoms with van der Waals surface area (Å²) in [4.78, 5) is 0. The van der Waals surface area contributed by atoms with Crippen molar-refractivity contribution in [1.82, 2.24) is 0 Å². The van der Waals surface area contributed by atoms with Crippen LogP contribution in [0.5, 0.6) is 0 Å². The fourth-order valence-electron chi connectivity index (χ4n) is 6.28. The Hall–Kier alpha value is -2.59. The van der Waals surface area contributed by atoms with Crippen molar-refractivity contribution in [1.29, 1.82) is 0 Å². The Morgan fingerprint density at radius 2 is 1.31 bits per heavy atom. The fourth-order valence-corrected chi connectivity index (χ4v) is 6.28. The van der Waals surface area contributed by atoms with Crippen molar-refractivity contribution >= 4 is 10.8 Å². The van der Waals surface area contributed by atoms with Crippen LogP contribution in [0.4, 0.5) is 4.39 Å². The number of hydrogen-bond acceptors (Lipinski definition) is 0. The van der Waals surface area contributed by atoms with E-state index in [-0.39, 0.29) is 5.82 Å². The quantitative estimate of drug-likeness (QED) is 0.154. The van der Waals surface area contributed by atoms with Crippen molar-refractivity contribution in [2.24, 2.45) is 11.8 Å². The van der Waals surface area contributed by atoms with Crippen LogP contribution in [0.25, 0.3) is 10.8 Å². The lowest BCUT2D eigenvalue weighted by Gasteiger charge is -2.28. The number of unbranched alkanes of at least 4 members (excludes halogenated alkanes) is 6. The zero-order chi connectivity index (χ0) is 27.3. The molecule has 0 radical (unpaired) electrons. The second-order valence-corrected chi connectivity index (χ2v) is 12.0. The molecule has 0 spiro atoms. The molecule has 3 aromatic rings. The molecule has 0 aromatic heterocycles. The molecule has 4 rings (SSSR count). The monoisotopic (exact) mass is 524 g/mol. The molecule has 0 bridgehead atoms. The van der Waals surface area contributed by atoms with E-state index in [1.54, 1.807) is 0 Å². The Morgan fingerprint density at radius 3 is 2.05 bits per heavy atom. The van der Waals surface area contributed by atoms with Gasteiger partial charge in [-0.05, 0) is 72.2 Å². The van der Waals surface area contributed by atoms with Gasteiger partial charge in [-0.2, -0.15) is 0 Å². The van der Waals surface area contributed by atoms with Crippen LogP contribution < -0.4 is 0 Å². The molecule has 0 atom stereocenters. The maximum atomic E-state index is 15.3. The smallest absolute Gasteiger partial charge is 0.146 e. The molecule has 39 heavy (non-hydrogen) atoms. The molecule has 3 aromatic carbocycles. The topological polar surface area (TPSA) is 0 Å². The van der Waals surface area contributed by atoms with Gasteiger partial charge in [0.05, 0.1) is 5.56 Å². The summed E-state index contributed by atoms with van der Waals surface area (Å²) in [6.45, 7) is 4.55. The molecule has 0 unspecified atom stereocenters. The zero-order valence-corrected chi connectivity index (χ0v) is 24.5. The van der Waals surface area contributed by atoms with E-state index < -0.39 is 0 Å². The van der Waals surface area contributed by atoms with E-state index in [1.807, 2.05) is 18.2 Å².